The van der Waals surface area contributed by atoms with Gasteiger partial charge < -0.3 is 0 Å². The summed E-state index contributed by atoms with van der Waals surface area (Å²) in [6.07, 6.45) is 1.74. The maximum atomic E-state index is 11.3. The van der Waals surface area contributed by atoms with Crippen molar-refractivity contribution in [1.29, 1.82) is 0 Å². The molecule has 0 aromatic carbocycles. The minimum absolute atomic E-state index is 0.407. The summed E-state index contributed by atoms with van der Waals surface area (Å²) in [6.45, 7) is 4.94. The molecule has 1 fully saturated rings. The molecule has 3 heteroatoms. The predicted octanol–water partition coefficient (Wildman–Crippen LogP) is 1.40. The maximum absolute atomic E-state index is 11.3. The van der Waals surface area contributed by atoms with Crippen LogP contribution in [0.25, 0.3) is 0 Å². The molecule has 1 aliphatic rings. The number of hydrogen-bond donors (Lipinski definition) is 0. The van der Waals surface area contributed by atoms with Crippen LogP contribution in [0.1, 0.15) is 19.8 Å². The molecule has 12 heavy (non-hydrogen) atoms. The van der Waals surface area contributed by atoms with Crippen LogP contribution in [0.2, 0.25) is 0 Å². The number of ketones is 1. The minimum atomic E-state index is 0.407. The first-order valence-corrected chi connectivity index (χ1v) is 5.80. The highest BCUT2D eigenvalue weighted by molar-refractivity contribution is 7.99. The lowest BCUT2D eigenvalue weighted by molar-refractivity contribution is -0.120. The highest BCUT2D eigenvalue weighted by Crippen LogP contribution is 2.08. The first kappa shape index (κ1) is 10.1. The summed E-state index contributed by atoms with van der Waals surface area (Å²) < 4.78 is 0. The normalized spacial score (nSPS) is 19.4. The Labute approximate surface area is 78.7 Å². The molecule has 0 N–H and O–H groups in total. The van der Waals surface area contributed by atoms with Gasteiger partial charge in [-0.2, -0.15) is 11.8 Å². The van der Waals surface area contributed by atoms with E-state index < -0.39 is 0 Å². The molecule has 0 aromatic rings. The second-order valence-electron chi connectivity index (χ2n) is 3.18. The summed E-state index contributed by atoms with van der Waals surface area (Å²) in [5, 5.41) is 0. The van der Waals surface area contributed by atoms with Crippen LogP contribution >= 0.6 is 11.8 Å². The molecule has 0 radical (unpaired) electrons. The molecule has 0 amide bonds. The average molecular weight is 187 g/mol. The molecule has 0 unspecified atom stereocenters. The summed E-state index contributed by atoms with van der Waals surface area (Å²) in [5.74, 6) is 2.79. The lowest BCUT2D eigenvalue weighted by atomic mass is 10.2. The van der Waals surface area contributed by atoms with Crippen LogP contribution in [0.15, 0.2) is 0 Å². The van der Waals surface area contributed by atoms with Crippen LogP contribution < -0.4 is 0 Å². The molecule has 1 rings (SSSR count). The van der Waals surface area contributed by atoms with Crippen molar-refractivity contribution in [2.75, 3.05) is 31.1 Å². The van der Waals surface area contributed by atoms with E-state index in [2.05, 4.69) is 11.8 Å². The molecule has 1 heterocycles. The van der Waals surface area contributed by atoms with Crippen molar-refractivity contribution in [3.63, 3.8) is 0 Å². The van der Waals surface area contributed by atoms with Gasteiger partial charge in [-0.05, 0) is 6.42 Å². The maximum Gasteiger partial charge on any atom is 0.146 e. The Hall–Kier alpha value is -0.0200. The first-order valence-electron chi connectivity index (χ1n) is 4.64. The molecule has 70 valence electrons. The van der Waals surface area contributed by atoms with Crippen LogP contribution in [-0.2, 0) is 4.79 Å². The minimum Gasteiger partial charge on any atom is -0.298 e. The lowest BCUT2D eigenvalue weighted by Crippen LogP contribution is -2.36. The monoisotopic (exact) mass is 187 g/mol. The van der Waals surface area contributed by atoms with E-state index in [1.165, 1.54) is 11.5 Å². The molecule has 0 bridgehead atoms. The average Bonchev–Trinajstić information content (AvgIpc) is 2.06. The number of thioether (sulfide) groups is 1. The van der Waals surface area contributed by atoms with Gasteiger partial charge in [0, 0.05) is 31.0 Å². The smallest absolute Gasteiger partial charge is 0.146 e. The molecule has 0 spiro atoms. The van der Waals surface area contributed by atoms with E-state index in [4.69, 9.17) is 0 Å². The summed E-state index contributed by atoms with van der Waals surface area (Å²) in [5.41, 5.74) is 0. The van der Waals surface area contributed by atoms with E-state index in [-0.39, 0.29) is 0 Å². The van der Waals surface area contributed by atoms with Gasteiger partial charge in [0.05, 0.1) is 6.54 Å². The Balaban J connectivity index is 2.15. The van der Waals surface area contributed by atoms with Crippen molar-refractivity contribution < 1.29 is 4.79 Å². The largest absolute Gasteiger partial charge is 0.298 e. The van der Waals surface area contributed by atoms with Gasteiger partial charge >= 0.3 is 0 Å². The van der Waals surface area contributed by atoms with Gasteiger partial charge in [-0.15, -0.1) is 0 Å². The van der Waals surface area contributed by atoms with Crippen molar-refractivity contribution in [3.05, 3.63) is 0 Å². The van der Waals surface area contributed by atoms with E-state index in [1.807, 2.05) is 11.8 Å². The fraction of sp³-hybridized carbons (Fsp3) is 0.889. The van der Waals surface area contributed by atoms with Gasteiger partial charge in [0.1, 0.15) is 5.78 Å². The number of carbonyl (C=O) groups is 1. The Kier molecular flexibility index (Phi) is 4.69. The van der Waals surface area contributed by atoms with Crippen molar-refractivity contribution in [2.24, 2.45) is 0 Å². The molecule has 0 aromatic heterocycles. The Morgan fingerprint density at radius 2 is 2.08 bits per heavy atom. The SMILES string of the molecule is CCCC(=O)CN1CCSCC1. The van der Waals surface area contributed by atoms with E-state index >= 15 is 0 Å². The standard InChI is InChI=1S/C9H17NOS/c1-2-3-9(11)8-10-4-6-12-7-5-10/h2-8H2,1H3. The van der Waals surface area contributed by atoms with Crippen molar-refractivity contribution in [3.8, 4) is 0 Å². The highest BCUT2D eigenvalue weighted by Gasteiger charge is 2.12. The van der Waals surface area contributed by atoms with Crippen LogP contribution in [0.5, 0.6) is 0 Å². The Morgan fingerprint density at radius 3 is 2.67 bits per heavy atom. The Bertz CT molecular complexity index is 143. The van der Waals surface area contributed by atoms with Gasteiger partial charge in [0.25, 0.3) is 0 Å². The van der Waals surface area contributed by atoms with E-state index in [1.54, 1.807) is 0 Å². The number of carbonyl (C=O) groups excluding carboxylic acids is 1. The zero-order valence-corrected chi connectivity index (χ0v) is 8.53. The third-order valence-electron chi connectivity index (χ3n) is 2.03. The van der Waals surface area contributed by atoms with Gasteiger partial charge in [-0.1, -0.05) is 6.92 Å². The summed E-state index contributed by atoms with van der Waals surface area (Å²) in [7, 11) is 0. The number of rotatable bonds is 4. The molecule has 1 aliphatic heterocycles. The summed E-state index contributed by atoms with van der Waals surface area (Å²) >= 11 is 1.99. The molecule has 0 saturated carbocycles. The predicted molar refractivity (Wildman–Crippen MR) is 53.7 cm³/mol. The molecule has 2 nitrogen and oxygen atoms in total. The van der Waals surface area contributed by atoms with E-state index in [0.717, 1.165) is 25.9 Å². The highest BCUT2D eigenvalue weighted by atomic mass is 32.2. The number of nitrogens with zero attached hydrogens (tertiary/aromatic N) is 1. The molecule has 0 aliphatic carbocycles. The fourth-order valence-corrected chi connectivity index (χ4v) is 2.35. The number of Topliss-reactive ketones (excluding diaryl/α,β-unsaturated/α-hetero) is 1. The van der Waals surface area contributed by atoms with Gasteiger partial charge in [0.15, 0.2) is 0 Å². The van der Waals surface area contributed by atoms with Crippen molar-refractivity contribution >= 4 is 17.5 Å². The van der Waals surface area contributed by atoms with Gasteiger partial charge in [-0.25, -0.2) is 0 Å². The molecule has 1 saturated heterocycles. The van der Waals surface area contributed by atoms with E-state index in [0.29, 0.717) is 12.3 Å². The summed E-state index contributed by atoms with van der Waals surface area (Å²) in [6, 6.07) is 0. The quantitative estimate of drug-likeness (QED) is 0.663. The van der Waals surface area contributed by atoms with Crippen molar-refractivity contribution in [1.82, 2.24) is 4.90 Å². The zero-order chi connectivity index (χ0) is 8.81. The zero-order valence-electron chi connectivity index (χ0n) is 7.71. The molecular weight excluding hydrogens is 170 g/mol. The van der Waals surface area contributed by atoms with Crippen molar-refractivity contribution in [2.45, 2.75) is 19.8 Å². The first-order chi connectivity index (χ1) is 5.83. The Morgan fingerprint density at radius 1 is 1.42 bits per heavy atom. The summed E-state index contributed by atoms with van der Waals surface area (Å²) in [4.78, 5) is 13.5. The second-order valence-corrected chi connectivity index (χ2v) is 4.40. The fourth-order valence-electron chi connectivity index (χ4n) is 1.37. The van der Waals surface area contributed by atoms with Gasteiger partial charge in [-0.3, -0.25) is 9.69 Å². The van der Waals surface area contributed by atoms with Crippen LogP contribution in [-0.4, -0.2) is 41.8 Å². The van der Waals surface area contributed by atoms with Crippen LogP contribution in [0.4, 0.5) is 0 Å². The second kappa shape index (κ2) is 5.60. The van der Waals surface area contributed by atoms with Crippen LogP contribution in [0.3, 0.4) is 0 Å². The number of hydrogen-bond acceptors (Lipinski definition) is 3. The third kappa shape index (κ3) is 3.59. The van der Waals surface area contributed by atoms with Gasteiger partial charge in [0.2, 0.25) is 0 Å². The molecular formula is C9H17NOS. The lowest BCUT2D eigenvalue weighted by Gasteiger charge is -2.25. The topological polar surface area (TPSA) is 20.3 Å². The van der Waals surface area contributed by atoms with E-state index in [9.17, 15) is 4.79 Å². The molecule has 0 atom stereocenters. The third-order valence-corrected chi connectivity index (χ3v) is 2.98. The van der Waals surface area contributed by atoms with Crippen LogP contribution in [0, 0.1) is 0 Å².